The summed E-state index contributed by atoms with van der Waals surface area (Å²) in [5.41, 5.74) is 3.78. The molecular weight excluding hydrogens is 236 g/mol. The van der Waals surface area contributed by atoms with Crippen LogP contribution in [-0.2, 0) is 11.3 Å². The van der Waals surface area contributed by atoms with Crippen LogP contribution < -0.4 is 5.32 Å². The third kappa shape index (κ3) is 3.94. The molecule has 1 aromatic heterocycles. The fourth-order valence-corrected chi connectivity index (χ4v) is 2.08. The predicted molar refractivity (Wildman–Crippen MR) is 78.7 cm³/mol. The maximum absolute atomic E-state index is 5.04. The van der Waals surface area contributed by atoms with Crippen LogP contribution in [0.2, 0.25) is 0 Å². The van der Waals surface area contributed by atoms with Crippen molar-refractivity contribution in [3.8, 4) is 5.69 Å². The molecule has 3 nitrogen and oxygen atoms in total. The van der Waals surface area contributed by atoms with E-state index < -0.39 is 0 Å². The molecule has 0 saturated heterocycles. The molecule has 0 spiro atoms. The molecule has 0 aliphatic heterocycles. The summed E-state index contributed by atoms with van der Waals surface area (Å²) in [6, 6.07) is 12.8. The molecule has 3 heteroatoms. The second kappa shape index (κ2) is 7.12. The van der Waals surface area contributed by atoms with Crippen LogP contribution in [0.1, 0.15) is 17.7 Å². The van der Waals surface area contributed by atoms with Crippen molar-refractivity contribution in [2.45, 2.75) is 19.9 Å². The molecule has 19 heavy (non-hydrogen) atoms. The van der Waals surface area contributed by atoms with E-state index in [0.29, 0.717) is 0 Å². The van der Waals surface area contributed by atoms with Crippen LogP contribution in [0.4, 0.5) is 0 Å². The highest BCUT2D eigenvalue weighted by molar-refractivity contribution is 5.37. The lowest BCUT2D eigenvalue weighted by molar-refractivity contribution is 0.194. The molecule has 0 saturated carbocycles. The standard InChI is InChI=1S/C16H22N2O/c1-14-6-8-15(9-7-14)18-11-3-5-16(18)13-17-10-4-12-19-2/h3,5-9,11,17H,4,10,12-13H2,1-2H3. The van der Waals surface area contributed by atoms with E-state index in [1.165, 1.54) is 16.9 Å². The zero-order valence-corrected chi connectivity index (χ0v) is 11.7. The first-order valence-electron chi connectivity index (χ1n) is 6.74. The third-order valence-corrected chi connectivity index (χ3v) is 3.15. The zero-order chi connectivity index (χ0) is 13.5. The zero-order valence-electron chi connectivity index (χ0n) is 11.7. The Morgan fingerprint density at radius 2 is 1.95 bits per heavy atom. The van der Waals surface area contributed by atoms with Crippen molar-refractivity contribution in [1.82, 2.24) is 9.88 Å². The van der Waals surface area contributed by atoms with E-state index in [-0.39, 0.29) is 0 Å². The molecule has 0 fully saturated rings. The number of nitrogens with one attached hydrogen (secondary N) is 1. The Kier molecular flexibility index (Phi) is 5.19. The van der Waals surface area contributed by atoms with Crippen molar-refractivity contribution < 1.29 is 4.74 Å². The van der Waals surface area contributed by atoms with Crippen molar-refractivity contribution in [2.24, 2.45) is 0 Å². The molecule has 0 amide bonds. The van der Waals surface area contributed by atoms with E-state index in [1.807, 2.05) is 0 Å². The first kappa shape index (κ1) is 13.8. The van der Waals surface area contributed by atoms with Gasteiger partial charge in [-0.3, -0.25) is 0 Å². The second-order valence-corrected chi connectivity index (χ2v) is 4.73. The minimum absolute atomic E-state index is 0.811. The molecule has 102 valence electrons. The van der Waals surface area contributed by atoms with Crippen LogP contribution in [0.15, 0.2) is 42.6 Å². The number of nitrogens with zero attached hydrogens (tertiary/aromatic N) is 1. The van der Waals surface area contributed by atoms with Crippen LogP contribution in [-0.4, -0.2) is 24.8 Å². The van der Waals surface area contributed by atoms with Gasteiger partial charge in [-0.15, -0.1) is 0 Å². The molecule has 1 heterocycles. The number of hydrogen-bond donors (Lipinski definition) is 1. The fourth-order valence-electron chi connectivity index (χ4n) is 2.08. The number of aryl methyl sites for hydroxylation is 1. The van der Waals surface area contributed by atoms with E-state index in [2.05, 4.69) is 59.4 Å². The molecule has 0 aliphatic rings. The van der Waals surface area contributed by atoms with Gasteiger partial charge >= 0.3 is 0 Å². The topological polar surface area (TPSA) is 26.2 Å². The van der Waals surface area contributed by atoms with Crippen molar-refractivity contribution in [1.29, 1.82) is 0 Å². The normalized spacial score (nSPS) is 10.8. The number of ether oxygens (including phenoxy) is 1. The monoisotopic (exact) mass is 258 g/mol. The number of methoxy groups -OCH3 is 1. The molecular formula is C16H22N2O. The molecule has 2 aromatic rings. The smallest absolute Gasteiger partial charge is 0.0474 e. The Labute approximate surface area is 115 Å². The van der Waals surface area contributed by atoms with Gasteiger partial charge in [-0.05, 0) is 44.2 Å². The van der Waals surface area contributed by atoms with E-state index in [0.717, 1.165) is 26.1 Å². The molecule has 0 atom stereocenters. The summed E-state index contributed by atoms with van der Waals surface area (Å²) in [6.45, 7) is 4.78. The van der Waals surface area contributed by atoms with Gasteiger partial charge in [0.15, 0.2) is 0 Å². The first-order valence-corrected chi connectivity index (χ1v) is 6.74. The molecule has 0 unspecified atom stereocenters. The Hall–Kier alpha value is -1.58. The summed E-state index contributed by atoms with van der Waals surface area (Å²) >= 11 is 0. The fraction of sp³-hybridized carbons (Fsp3) is 0.375. The van der Waals surface area contributed by atoms with Crippen molar-refractivity contribution >= 4 is 0 Å². The van der Waals surface area contributed by atoms with Gasteiger partial charge in [0.05, 0.1) is 0 Å². The summed E-state index contributed by atoms with van der Waals surface area (Å²) < 4.78 is 7.26. The van der Waals surface area contributed by atoms with Gasteiger partial charge in [-0.25, -0.2) is 0 Å². The predicted octanol–water partition coefficient (Wildman–Crippen LogP) is 2.91. The Balaban J connectivity index is 1.96. The van der Waals surface area contributed by atoms with Crippen LogP contribution in [0, 0.1) is 6.92 Å². The van der Waals surface area contributed by atoms with Crippen LogP contribution >= 0.6 is 0 Å². The summed E-state index contributed by atoms with van der Waals surface area (Å²) in [5.74, 6) is 0. The molecule has 0 radical (unpaired) electrons. The van der Waals surface area contributed by atoms with Crippen LogP contribution in [0.25, 0.3) is 5.69 Å². The van der Waals surface area contributed by atoms with E-state index in [9.17, 15) is 0 Å². The number of hydrogen-bond acceptors (Lipinski definition) is 2. The van der Waals surface area contributed by atoms with Gasteiger partial charge in [0, 0.05) is 37.8 Å². The van der Waals surface area contributed by atoms with Crippen molar-refractivity contribution in [3.63, 3.8) is 0 Å². The molecule has 1 aromatic carbocycles. The second-order valence-electron chi connectivity index (χ2n) is 4.73. The van der Waals surface area contributed by atoms with Gasteiger partial charge < -0.3 is 14.6 Å². The highest BCUT2D eigenvalue weighted by Gasteiger charge is 2.02. The van der Waals surface area contributed by atoms with Crippen molar-refractivity contribution in [3.05, 3.63) is 53.9 Å². The SMILES string of the molecule is COCCCNCc1cccn1-c1ccc(C)cc1. The molecule has 0 bridgehead atoms. The number of aromatic nitrogens is 1. The van der Waals surface area contributed by atoms with Crippen LogP contribution in [0.3, 0.4) is 0 Å². The van der Waals surface area contributed by atoms with E-state index >= 15 is 0 Å². The highest BCUT2D eigenvalue weighted by atomic mass is 16.5. The first-order chi connectivity index (χ1) is 9.31. The van der Waals surface area contributed by atoms with Crippen molar-refractivity contribution in [2.75, 3.05) is 20.3 Å². The summed E-state index contributed by atoms with van der Waals surface area (Å²) in [7, 11) is 1.74. The molecule has 1 N–H and O–H groups in total. The lowest BCUT2D eigenvalue weighted by atomic mass is 10.2. The van der Waals surface area contributed by atoms with Crippen LogP contribution in [0.5, 0.6) is 0 Å². The quantitative estimate of drug-likeness (QED) is 0.773. The maximum Gasteiger partial charge on any atom is 0.0474 e. The number of benzene rings is 1. The largest absolute Gasteiger partial charge is 0.385 e. The Morgan fingerprint density at radius 1 is 1.16 bits per heavy atom. The average Bonchev–Trinajstić information content (AvgIpc) is 2.88. The average molecular weight is 258 g/mol. The summed E-state index contributed by atoms with van der Waals surface area (Å²) in [5, 5.41) is 3.44. The summed E-state index contributed by atoms with van der Waals surface area (Å²) in [4.78, 5) is 0. The third-order valence-electron chi connectivity index (χ3n) is 3.15. The van der Waals surface area contributed by atoms with E-state index in [1.54, 1.807) is 7.11 Å². The van der Waals surface area contributed by atoms with Gasteiger partial charge in [0.25, 0.3) is 0 Å². The van der Waals surface area contributed by atoms with Gasteiger partial charge in [0.2, 0.25) is 0 Å². The maximum atomic E-state index is 5.04. The minimum Gasteiger partial charge on any atom is -0.385 e. The van der Waals surface area contributed by atoms with E-state index in [4.69, 9.17) is 4.74 Å². The Bertz CT molecular complexity index is 488. The van der Waals surface area contributed by atoms with Gasteiger partial charge in [-0.2, -0.15) is 0 Å². The molecule has 2 rings (SSSR count). The minimum atomic E-state index is 0.811. The summed E-state index contributed by atoms with van der Waals surface area (Å²) in [6.07, 6.45) is 3.15. The molecule has 0 aliphatic carbocycles. The Morgan fingerprint density at radius 3 is 2.68 bits per heavy atom. The highest BCUT2D eigenvalue weighted by Crippen LogP contribution is 2.13. The lowest BCUT2D eigenvalue weighted by Crippen LogP contribution is -2.18. The van der Waals surface area contributed by atoms with Gasteiger partial charge in [-0.1, -0.05) is 17.7 Å². The lowest BCUT2D eigenvalue weighted by Gasteiger charge is -2.10. The van der Waals surface area contributed by atoms with Gasteiger partial charge in [0.1, 0.15) is 0 Å². The number of rotatable bonds is 7.